The summed E-state index contributed by atoms with van der Waals surface area (Å²) in [7, 11) is 0. The van der Waals surface area contributed by atoms with Crippen LogP contribution in [0.25, 0.3) is 0 Å². The van der Waals surface area contributed by atoms with E-state index in [1.54, 1.807) is 24.3 Å². The van der Waals surface area contributed by atoms with Crippen LogP contribution in [-0.2, 0) is 14.4 Å². The molecule has 28 heavy (non-hydrogen) atoms. The molecule has 1 aromatic rings. The quantitative estimate of drug-likeness (QED) is 0.263. The number of imide groups is 1. The van der Waals surface area contributed by atoms with Crippen LogP contribution in [0, 0.1) is 17.8 Å². The summed E-state index contributed by atoms with van der Waals surface area (Å²) in [6.45, 7) is 0. The summed E-state index contributed by atoms with van der Waals surface area (Å²) in [5, 5.41) is 0. The molecular formula is C22H23NO5. The number of allylic oxidation sites excluding steroid dienone is 2. The van der Waals surface area contributed by atoms with Crippen LogP contribution in [0.4, 0.5) is 0 Å². The van der Waals surface area contributed by atoms with Crippen LogP contribution in [0.1, 0.15) is 48.9 Å². The standard InChI is InChI=1S/C22H23NO5/c24-13-14-5-11-17(12-6-14)28-22(27)15-7-9-16(10-8-15)23-20(25)18-3-1-2-4-19(18)21(23)26/h1-2,5-6,11-13,15-16,18-19H,3-4,7-10H2/t15?,16?,18-,19-/m1/s1. The van der Waals surface area contributed by atoms with Crippen LogP contribution in [0.2, 0.25) is 0 Å². The van der Waals surface area contributed by atoms with Gasteiger partial charge in [-0.05, 0) is 62.8 Å². The molecule has 0 aromatic heterocycles. The zero-order chi connectivity index (χ0) is 19.7. The second-order valence-corrected chi connectivity index (χ2v) is 7.82. The molecular weight excluding hydrogens is 358 g/mol. The Kier molecular flexibility index (Phi) is 5.11. The van der Waals surface area contributed by atoms with Crippen LogP contribution in [0.5, 0.6) is 5.75 Å². The first-order valence-corrected chi connectivity index (χ1v) is 9.87. The molecule has 146 valence electrons. The number of likely N-dealkylation sites (tertiary alicyclic amines) is 1. The lowest BCUT2D eigenvalue weighted by Gasteiger charge is -2.32. The molecule has 1 saturated heterocycles. The minimum Gasteiger partial charge on any atom is -0.426 e. The Hall–Kier alpha value is -2.76. The molecule has 6 nitrogen and oxygen atoms in total. The first-order chi connectivity index (χ1) is 13.6. The Balaban J connectivity index is 1.34. The molecule has 1 aliphatic heterocycles. The summed E-state index contributed by atoms with van der Waals surface area (Å²) in [6, 6.07) is 6.30. The van der Waals surface area contributed by atoms with Crippen LogP contribution < -0.4 is 4.74 Å². The van der Waals surface area contributed by atoms with Crippen molar-refractivity contribution in [1.29, 1.82) is 0 Å². The third-order valence-electron chi connectivity index (χ3n) is 6.17. The van der Waals surface area contributed by atoms with Crippen LogP contribution in [0.3, 0.4) is 0 Å². The van der Waals surface area contributed by atoms with Crippen molar-refractivity contribution in [3.05, 3.63) is 42.0 Å². The van der Waals surface area contributed by atoms with Gasteiger partial charge in [-0.3, -0.25) is 24.1 Å². The summed E-state index contributed by atoms with van der Waals surface area (Å²) >= 11 is 0. The van der Waals surface area contributed by atoms with Gasteiger partial charge in [-0.25, -0.2) is 0 Å². The van der Waals surface area contributed by atoms with Crippen molar-refractivity contribution in [1.82, 2.24) is 4.90 Å². The Bertz CT molecular complexity index is 794. The van der Waals surface area contributed by atoms with Crippen molar-refractivity contribution in [2.45, 2.75) is 44.6 Å². The zero-order valence-electron chi connectivity index (χ0n) is 15.6. The van der Waals surface area contributed by atoms with E-state index in [4.69, 9.17) is 4.74 Å². The zero-order valence-corrected chi connectivity index (χ0v) is 15.6. The van der Waals surface area contributed by atoms with E-state index in [9.17, 15) is 19.2 Å². The summed E-state index contributed by atoms with van der Waals surface area (Å²) in [6.07, 6.45) is 8.48. The van der Waals surface area contributed by atoms with Crippen LogP contribution in [-0.4, -0.2) is 35.0 Å². The predicted molar refractivity (Wildman–Crippen MR) is 100 cm³/mol. The molecule has 2 atom stereocenters. The first-order valence-electron chi connectivity index (χ1n) is 9.87. The number of carbonyl (C=O) groups excluding carboxylic acids is 4. The summed E-state index contributed by atoms with van der Waals surface area (Å²) in [4.78, 5) is 50.0. The number of ether oxygens (including phenoxy) is 1. The Morgan fingerprint density at radius 3 is 2.04 bits per heavy atom. The van der Waals surface area contributed by atoms with Gasteiger partial charge in [-0.1, -0.05) is 12.2 Å². The Morgan fingerprint density at radius 1 is 0.929 bits per heavy atom. The monoisotopic (exact) mass is 381 g/mol. The molecule has 2 aliphatic carbocycles. The highest BCUT2D eigenvalue weighted by Crippen LogP contribution is 2.39. The molecule has 1 saturated carbocycles. The van der Waals surface area contributed by atoms with E-state index in [1.165, 1.54) is 4.90 Å². The number of fused-ring (bicyclic) bond motifs is 1. The average molecular weight is 381 g/mol. The summed E-state index contributed by atoms with van der Waals surface area (Å²) in [5.41, 5.74) is 0.524. The molecule has 0 radical (unpaired) electrons. The minimum absolute atomic E-state index is 0.0411. The highest BCUT2D eigenvalue weighted by Gasteiger charge is 2.50. The third kappa shape index (κ3) is 3.39. The topological polar surface area (TPSA) is 80.8 Å². The maximum Gasteiger partial charge on any atom is 0.314 e. The lowest BCUT2D eigenvalue weighted by atomic mass is 9.85. The van der Waals surface area contributed by atoms with Gasteiger partial charge in [0.1, 0.15) is 12.0 Å². The molecule has 1 heterocycles. The van der Waals surface area contributed by atoms with E-state index in [0.717, 1.165) is 6.29 Å². The second-order valence-electron chi connectivity index (χ2n) is 7.82. The third-order valence-corrected chi connectivity index (χ3v) is 6.17. The molecule has 0 unspecified atom stereocenters. The number of amides is 2. The number of hydrogen-bond donors (Lipinski definition) is 0. The van der Waals surface area contributed by atoms with E-state index in [0.29, 0.717) is 49.8 Å². The van der Waals surface area contributed by atoms with Crippen molar-refractivity contribution in [2.75, 3.05) is 0 Å². The molecule has 2 amide bonds. The summed E-state index contributed by atoms with van der Waals surface area (Å²) in [5.74, 6) is -0.600. The maximum absolute atomic E-state index is 12.7. The molecule has 6 heteroatoms. The molecule has 0 spiro atoms. The lowest BCUT2D eigenvalue weighted by Crippen LogP contribution is -2.43. The van der Waals surface area contributed by atoms with Gasteiger partial charge in [-0.15, -0.1) is 0 Å². The molecule has 1 aromatic carbocycles. The van der Waals surface area contributed by atoms with Gasteiger partial charge in [0, 0.05) is 11.6 Å². The van der Waals surface area contributed by atoms with E-state index < -0.39 is 0 Å². The molecule has 4 rings (SSSR count). The van der Waals surface area contributed by atoms with Gasteiger partial charge >= 0.3 is 5.97 Å². The van der Waals surface area contributed by atoms with Gasteiger partial charge in [0.05, 0.1) is 17.8 Å². The van der Waals surface area contributed by atoms with Gasteiger partial charge in [-0.2, -0.15) is 0 Å². The fourth-order valence-corrected chi connectivity index (χ4v) is 4.57. The van der Waals surface area contributed by atoms with E-state index in [1.807, 2.05) is 12.2 Å². The molecule has 0 N–H and O–H groups in total. The number of carbonyl (C=O) groups is 4. The van der Waals surface area contributed by atoms with Gasteiger partial charge in [0.25, 0.3) is 0 Å². The van der Waals surface area contributed by atoms with Gasteiger partial charge in [0.15, 0.2) is 0 Å². The SMILES string of the molecule is O=Cc1ccc(OC(=O)C2CCC(N3C(=O)[C@@H]4CC=CC[C@H]4C3=O)CC2)cc1. The largest absolute Gasteiger partial charge is 0.426 e. The van der Waals surface area contributed by atoms with Crippen molar-refractivity contribution in [3.8, 4) is 5.75 Å². The second kappa shape index (κ2) is 7.70. The van der Waals surface area contributed by atoms with Crippen molar-refractivity contribution in [3.63, 3.8) is 0 Å². The van der Waals surface area contributed by atoms with E-state index >= 15 is 0 Å². The number of benzene rings is 1. The first kappa shape index (κ1) is 18.6. The molecule has 2 fully saturated rings. The Morgan fingerprint density at radius 2 is 1.50 bits per heavy atom. The summed E-state index contributed by atoms with van der Waals surface area (Å²) < 4.78 is 5.42. The van der Waals surface area contributed by atoms with Crippen molar-refractivity contribution >= 4 is 24.1 Å². The van der Waals surface area contributed by atoms with Gasteiger partial charge < -0.3 is 4.74 Å². The number of hydrogen-bond acceptors (Lipinski definition) is 5. The fraction of sp³-hybridized carbons (Fsp3) is 0.455. The minimum atomic E-state index is -0.297. The normalized spacial score (nSPS) is 29.5. The van der Waals surface area contributed by atoms with Crippen molar-refractivity contribution in [2.24, 2.45) is 17.8 Å². The van der Waals surface area contributed by atoms with E-state index in [-0.39, 0.29) is 41.6 Å². The smallest absolute Gasteiger partial charge is 0.314 e. The molecule has 0 bridgehead atoms. The van der Waals surface area contributed by atoms with Crippen LogP contribution in [0.15, 0.2) is 36.4 Å². The number of rotatable bonds is 4. The van der Waals surface area contributed by atoms with Crippen LogP contribution >= 0.6 is 0 Å². The highest BCUT2D eigenvalue weighted by molar-refractivity contribution is 6.05. The lowest BCUT2D eigenvalue weighted by molar-refractivity contribution is -0.144. The van der Waals surface area contributed by atoms with E-state index in [2.05, 4.69) is 0 Å². The highest BCUT2D eigenvalue weighted by atomic mass is 16.5. The number of esters is 1. The molecule has 3 aliphatic rings. The maximum atomic E-state index is 12.7. The predicted octanol–water partition coefficient (Wildman–Crippen LogP) is 2.91. The number of aldehydes is 1. The van der Waals surface area contributed by atoms with Gasteiger partial charge in [0.2, 0.25) is 11.8 Å². The average Bonchev–Trinajstić information content (AvgIpc) is 2.99. The van der Waals surface area contributed by atoms with Crippen molar-refractivity contribution < 1.29 is 23.9 Å². The Labute approximate surface area is 163 Å². The number of nitrogens with zero attached hydrogens (tertiary/aromatic N) is 1. The fourth-order valence-electron chi connectivity index (χ4n) is 4.57.